The van der Waals surface area contributed by atoms with Gasteiger partial charge in [-0.1, -0.05) is 33.0 Å². The number of allylic oxidation sites excluding steroid dienone is 4. The van der Waals surface area contributed by atoms with Gasteiger partial charge in [0.25, 0.3) is 0 Å². The van der Waals surface area contributed by atoms with Crippen molar-refractivity contribution in [1.29, 1.82) is 5.26 Å². The first-order valence-electron chi connectivity index (χ1n) is 5.23. The summed E-state index contributed by atoms with van der Waals surface area (Å²) in [5.41, 5.74) is 5.27. The third-order valence-electron chi connectivity index (χ3n) is 2.69. The monoisotopic (exact) mass is 274 g/mol. The minimum absolute atomic E-state index is 0.0428. The van der Waals surface area contributed by atoms with Crippen LogP contribution in [0.1, 0.15) is 20.8 Å². The standard InChI is InChI=1S/C12H13F3N2S/c1-11(2,3)7-4-6(5-16)8(12(13,14)15)10(18)9(7)17/h4,8H,17H2,1-3H3. The van der Waals surface area contributed by atoms with Gasteiger partial charge in [0, 0.05) is 5.57 Å². The van der Waals surface area contributed by atoms with Crippen molar-refractivity contribution in [2.75, 3.05) is 0 Å². The molecule has 0 amide bonds. The van der Waals surface area contributed by atoms with Crippen LogP contribution in [0.25, 0.3) is 0 Å². The third kappa shape index (κ3) is 2.56. The number of thiocarbonyl (C=S) groups is 1. The van der Waals surface area contributed by atoms with Crippen molar-refractivity contribution in [3.63, 3.8) is 0 Å². The molecule has 0 spiro atoms. The quantitative estimate of drug-likeness (QED) is 0.690. The van der Waals surface area contributed by atoms with E-state index in [1.54, 1.807) is 26.8 Å². The molecule has 1 rings (SSSR count). The van der Waals surface area contributed by atoms with E-state index < -0.39 is 27.9 Å². The zero-order valence-corrected chi connectivity index (χ0v) is 11.0. The maximum Gasteiger partial charge on any atom is 0.401 e. The molecule has 2 N–H and O–H groups in total. The van der Waals surface area contributed by atoms with Gasteiger partial charge in [-0.2, -0.15) is 18.4 Å². The topological polar surface area (TPSA) is 49.8 Å². The molecule has 1 aliphatic rings. The van der Waals surface area contributed by atoms with Gasteiger partial charge in [-0.15, -0.1) is 0 Å². The van der Waals surface area contributed by atoms with Gasteiger partial charge >= 0.3 is 6.18 Å². The van der Waals surface area contributed by atoms with Crippen LogP contribution in [0.4, 0.5) is 13.2 Å². The van der Waals surface area contributed by atoms with Gasteiger partial charge in [-0.3, -0.25) is 0 Å². The molecule has 1 atom stereocenters. The van der Waals surface area contributed by atoms with E-state index in [0.29, 0.717) is 5.57 Å². The van der Waals surface area contributed by atoms with Crippen LogP contribution in [-0.2, 0) is 0 Å². The summed E-state index contributed by atoms with van der Waals surface area (Å²) in [6.07, 6.45) is -3.38. The second-order valence-electron chi connectivity index (χ2n) is 5.13. The Morgan fingerprint density at radius 2 is 1.83 bits per heavy atom. The lowest BCUT2D eigenvalue weighted by molar-refractivity contribution is -0.145. The summed E-state index contributed by atoms with van der Waals surface area (Å²) in [6.45, 7) is 5.41. The lowest BCUT2D eigenvalue weighted by Crippen LogP contribution is -2.38. The SMILES string of the molecule is CC(C)(C)C1=C(N)C(=S)C(C(F)(F)F)C(C#N)=C1. The molecule has 0 aromatic rings. The molecule has 0 saturated carbocycles. The summed E-state index contributed by atoms with van der Waals surface area (Å²) in [5.74, 6) is -2.07. The zero-order chi connectivity index (χ0) is 14.3. The van der Waals surface area contributed by atoms with E-state index in [0.717, 1.165) is 0 Å². The fourth-order valence-electron chi connectivity index (χ4n) is 1.79. The van der Waals surface area contributed by atoms with Crippen molar-refractivity contribution in [3.05, 3.63) is 22.9 Å². The van der Waals surface area contributed by atoms with Gasteiger partial charge in [0.1, 0.15) is 5.92 Å². The van der Waals surface area contributed by atoms with Crippen LogP contribution >= 0.6 is 12.2 Å². The Bertz CT molecular complexity index is 487. The first-order valence-corrected chi connectivity index (χ1v) is 5.63. The molecule has 18 heavy (non-hydrogen) atoms. The number of hydrogen-bond donors (Lipinski definition) is 1. The van der Waals surface area contributed by atoms with Crippen molar-refractivity contribution in [2.24, 2.45) is 17.1 Å². The average molecular weight is 274 g/mol. The molecule has 1 unspecified atom stereocenters. The molecule has 0 radical (unpaired) electrons. The second-order valence-corrected chi connectivity index (χ2v) is 5.57. The number of nitrogens with zero attached hydrogens (tertiary/aromatic N) is 1. The fraction of sp³-hybridized carbons (Fsp3) is 0.500. The summed E-state index contributed by atoms with van der Waals surface area (Å²) in [5, 5.41) is 8.87. The van der Waals surface area contributed by atoms with Gasteiger partial charge in [0.2, 0.25) is 0 Å². The van der Waals surface area contributed by atoms with Crippen LogP contribution in [0.5, 0.6) is 0 Å². The maximum absolute atomic E-state index is 12.9. The van der Waals surface area contributed by atoms with Gasteiger partial charge in [-0.25, -0.2) is 0 Å². The maximum atomic E-state index is 12.9. The summed E-state index contributed by atoms with van der Waals surface area (Å²) in [4.78, 5) is -0.411. The first kappa shape index (κ1) is 14.7. The van der Waals surface area contributed by atoms with Crippen LogP contribution in [0.15, 0.2) is 22.9 Å². The Balaban J connectivity index is 3.44. The minimum Gasteiger partial charge on any atom is -0.398 e. The number of hydrogen-bond acceptors (Lipinski definition) is 3. The van der Waals surface area contributed by atoms with Gasteiger partial charge in [-0.05, 0) is 17.1 Å². The normalized spacial score (nSPS) is 21.7. The molecular formula is C12H13F3N2S. The highest BCUT2D eigenvalue weighted by Gasteiger charge is 2.48. The van der Waals surface area contributed by atoms with Gasteiger partial charge in [0.05, 0.1) is 16.6 Å². The lowest BCUT2D eigenvalue weighted by atomic mass is 9.77. The lowest BCUT2D eigenvalue weighted by Gasteiger charge is -2.31. The van der Waals surface area contributed by atoms with Crippen molar-refractivity contribution in [1.82, 2.24) is 0 Å². The summed E-state index contributed by atoms with van der Waals surface area (Å²) in [7, 11) is 0. The average Bonchev–Trinajstić information content (AvgIpc) is 2.17. The molecule has 0 aromatic carbocycles. The smallest absolute Gasteiger partial charge is 0.398 e. The second kappa shape index (κ2) is 4.39. The van der Waals surface area contributed by atoms with E-state index in [1.165, 1.54) is 6.08 Å². The Labute approximate surface area is 109 Å². The minimum atomic E-state index is -4.59. The molecule has 98 valence electrons. The fourth-order valence-corrected chi connectivity index (χ4v) is 2.16. The number of alkyl halides is 3. The van der Waals surface area contributed by atoms with Crippen LogP contribution < -0.4 is 5.73 Å². The van der Waals surface area contributed by atoms with Crippen molar-refractivity contribution in [3.8, 4) is 6.07 Å². The zero-order valence-electron chi connectivity index (χ0n) is 10.2. The summed E-state index contributed by atoms with van der Waals surface area (Å²) < 4.78 is 38.6. The van der Waals surface area contributed by atoms with Crippen LogP contribution in [0.2, 0.25) is 0 Å². The molecule has 0 saturated heterocycles. The highest BCUT2D eigenvalue weighted by molar-refractivity contribution is 7.81. The van der Waals surface area contributed by atoms with Crippen molar-refractivity contribution in [2.45, 2.75) is 26.9 Å². The van der Waals surface area contributed by atoms with E-state index in [4.69, 9.17) is 23.2 Å². The first-order chi connectivity index (χ1) is 8.00. The molecular weight excluding hydrogens is 261 g/mol. The van der Waals surface area contributed by atoms with E-state index in [2.05, 4.69) is 0 Å². The predicted molar refractivity (Wildman–Crippen MR) is 66.5 cm³/mol. The number of rotatable bonds is 0. The van der Waals surface area contributed by atoms with Crippen molar-refractivity contribution < 1.29 is 13.2 Å². The van der Waals surface area contributed by atoms with E-state index in [1.807, 2.05) is 0 Å². The van der Waals surface area contributed by atoms with Gasteiger partial charge in [0.15, 0.2) is 0 Å². The van der Waals surface area contributed by atoms with E-state index in [-0.39, 0.29) is 5.70 Å². The highest BCUT2D eigenvalue weighted by atomic mass is 32.1. The third-order valence-corrected chi connectivity index (χ3v) is 3.15. The molecule has 1 aliphatic carbocycles. The Hall–Kier alpha value is -1.35. The van der Waals surface area contributed by atoms with Gasteiger partial charge < -0.3 is 5.73 Å². The Kier molecular flexibility index (Phi) is 3.59. The number of halogens is 3. The van der Waals surface area contributed by atoms with Crippen LogP contribution in [-0.4, -0.2) is 11.0 Å². The molecule has 0 aliphatic heterocycles. The Morgan fingerprint density at radius 1 is 1.33 bits per heavy atom. The molecule has 0 fully saturated rings. The number of nitrogens with two attached hydrogens (primary N) is 1. The molecule has 0 heterocycles. The number of nitriles is 1. The molecule has 2 nitrogen and oxygen atoms in total. The summed E-state index contributed by atoms with van der Waals surface area (Å²) in [6, 6.07) is 1.58. The van der Waals surface area contributed by atoms with E-state index in [9.17, 15) is 13.2 Å². The largest absolute Gasteiger partial charge is 0.401 e. The molecule has 0 bridgehead atoms. The highest BCUT2D eigenvalue weighted by Crippen LogP contribution is 2.41. The van der Waals surface area contributed by atoms with E-state index >= 15 is 0 Å². The predicted octanol–water partition coefficient (Wildman–Crippen LogP) is 3.26. The Morgan fingerprint density at radius 3 is 2.17 bits per heavy atom. The van der Waals surface area contributed by atoms with Crippen LogP contribution in [0, 0.1) is 22.7 Å². The molecule has 0 aromatic heterocycles. The molecule has 6 heteroatoms. The van der Waals surface area contributed by atoms with Crippen LogP contribution in [0.3, 0.4) is 0 Å². The van der Waals surface area contributed by atoms with Crippen molar-refractivity contribution >= 4 is 17.1 Å². The summed E-state index contributed by atoms with van der Waals surface area (Å²) >= 11 is 4.79.